The van der Waals surface area contributed by atoms with Crippen molar-refractivity contribution in [2.45, 2.75) is 65.7 Å². The molecule has 0 aliphatic carbocycles. The van der Waals surface area contributed by atoms with E-state index in [0.29, 0.717) is 18.2 Å². The third-order valence-corrected chi connectivity index (χ3v) is 3.56. The molecule has 1 fully saturated rings. The summed E-state index contributed by atoms with van der Waals surface area (Å²) >= 11 is 0. The van der Waals surface area contributed by atoms with Crippen LogP contribution in [0.4, 0.5) is 0 Å². The summed E-state index contributed by atoms with van der Waals surface area (Å²) in [4.78, 5) is 0. The van der Waals surface area contributed by atoms with Crippen LogP contribution >= 0.6 is 0 Å². The van der Waals surface area contributed by atoms with E-state index < -0.39 is 0 Å². The predicted octanol–water partition coefficient (Wildman–Crippen LogP) is 2.82. The van der Waals surface area contributed by atoms with Gasteiger partial charge in [0, 0.05) is 6.04 Å². The second-order valence-electron chi connectivity index (χ2n) is 5.56. The summed E-state index contributed by atoms with van der Waals surface area (Å²) in [7, 11) is 0. The first-order valence-corrected chi connectivity index (χ1v) is 6.37. The summed E-state index contributed by atoms with van der Waals surface area (Å²) in [5.74, 6) is 1.53. The maximum atomic E-state index is 5.73. The largest absolute Gasteiger partial charge is 0.375 e. The number of rotatable bonds is 4. The highest BCUT2D eigenvalue weighted by atomic mass is 16.5. The molecule has 1 aliphatic rings. The molecule has 0 saturated carbocycles. The van der Waals surface area contributed by atoms with Gasteiger partial charge in [0.25, 0.3) is 0 Å². The van der Waals surface area contributed by atoms with Crippen LogP contribution < -0.4 is 5.32 Å². The molecule has 90 valence electrons. The van der Waals surface area contributed by atoms with Crippen molar-refractivity contribution >= 4 is 0 Å². The lowest BCUT2D eigenvalue weighted by atomic mass is 9.95. The molecule has 0 bridgehead atoms. The molecule has 3 atom stereocenters. The van der Waals surface area contributed by atoms with Crippen molar-refractivity contribution in [1.29, 1.82) is 0 Å². The van der Waals surface area contributed by atoms with E-state index in [4.69, 9.17) is 4.74 Å². The molecule has 2 heteroatoms. The lowest BCUT2D eigenvalue weighted by Gasteiger charge is -2.33. The van der Waals surface area contributed by atoms with Crippen LogP contribution in [-0.4, -0.2) is 24.8 Å². The zero-order chi connectivity index (χ0) is 11.4. The van der Waals surface area contributed by atoms with Gasteiger partial charge >= 0.3 is 0 Å². The van der Waals surface area contributed by atoms with Crippen molar-refractivity contribution in [2.24, 2.45) is 11.8 Å². The summed E-state index contributed by atoms with van der Waals surface area (Å²) < 4.78 is 5.73. The van der Waals surface area contributed by atoms with Gasteiger partial charge in [-0.2, -0.15) is 0 Å². The molecule has 0 spiro atoms. The van der Waals surface area contributed by atoms with Gasteiger partial charge < -0.3 is 10.1 Å². The third kappa shape index (κ3) is 4.52. The van der Waals surface area contributed by atoms with E-state index in [-0.39, 0.29) is 0 Å². The van der Waals surface area contributed by atoms with E-state index in [2.05, 4.69) is 39.9 Å². The van der Waals surface area contributed by atoms with E-state index in [1.165, 1.54) is 0 Å². The summed E-state index contributed by atoms with van der Waals surface area (Å²) in [6, 6.07) is 0.657. The maximum Gasteiger partial charge on any atom is 0.0565 e. The molecule has 1 saturated heterocycles. The molecular formula is C13H27NO. The lowest BCUT2D eigenvalue weighted by molar-refractivity contribution is -0.0425. The SMILES string of the molecule is CC1CC(NCC(C)C(C)C)CC(C)O1. The standard InChI is InChI=1S/C13H27NO/c1-9(2)10(3)8-14-13-6-11(4)15-12(5)7-13/h9-14H,6-8H2,1-5H3. The van der Waals surface area contributed by atoms with Gasteiger partial charge in [-0.1, -0.05) is 20.8 Å². The first kappa shape index (κ1) is 13.0. The van der Waals surface area contributed by atoms with Gasteiger partial charge in [-0.25, -0.2) is 0 Å². The van der Waals surface area contributed by atoms with Gasteiger partial charge in [-0.15, -0.1) is 0 Å². The Morgan fingerprint density at radius 2 is 1.67 bits per heavy atom. The predicted molar refractivity (Wildman–Crippen MR) is 65.0 cm³/mol. The van der Waals surface area contributed by atoms with Crippen molar-refractivity contribution in [1.82, 2.24) is 5.32 Å². The normalized spacial score (nSPS) is 34.4. The fourth-order valence-electron chi connectivity index (χ4n) is 2.16. The van der Waals surface area contributed by atoms with Gasteiger partial charge in [-0.3, -0.25) is 0 Å². The molecule has 0 aromatic carbocycles. The molecule has 1 N–H and O–H groups in total. The van der Waals surface area contributed by atoms with Crippen LogP contribution in [0.5, 0.6) is 0 Å². The Morgan fingerprint density at radius 3 is 2.13 bits per heavy atom. The Morgan fingerprint density at radius 1 is 1.13 bits per heavy atom. The number of hydrogen-bond donors (Lipinski definition) is 1. The Balaban J connectivity index is 2.26. The second kappa shape index (κ2) is 5.86. The average Bonchev–Trinajstić information content (AvgIpc) is 2.12. The highest BCUT2D eigenvalue weighted by molar-refractivity contribution is 4.79. The molecule has 2 nitrogen and oxygen atoms in total. The number of hydrogen-bond acceptors (Lipinski definition) is 2. The molecule has 1 heterocycles. The van der Waals surface area contributed by atoms with Gasteiger partial charge in [0.2, 0.25) is 0 Å². The molecule has 0 aromatic heterocycles. The second-order valence-corrected chi connectivity index (χ2v) is 5.56. The van der Waals surface area contributed by atoms with Crippen LogP contribution in [0.2, 0.25) is 0 Å². The van der Waals surface area contributed by atoms with E-state index in [1.54, 1.807) is 0 Å². The van der Waals surface area contributed by atoms with Crippen LogP contribution in [0.25, 0.3) is 0 Å². The van der Waals surface area contributed by atoms with Crippen molar-refractivity contribution in [3.05, 3.63) is 0 Å². The molecule has 0 amide bonds. The van der Waals surface area contributed by atoms with Crippen molar-refractivity contribution in [3.8, 4) is 0 Å². The van der Waals surface area contributed by atoms with Gasteiger partial charge in [0.1, 0.15) is 0 Å². The minimum absolute atomic E-state index is 0.417. The molecule has 1 aliphatic heterocycles. The zero-order valence-corrected chi connectivity index (χ0v) is 10.9. The average molecular weight is 213 g/mol. The fourth-order valence-corrected chi connectivity index (χ4v) is 2.16. The molecule has 1 rings (SSSR count). The smallest absolute Gasteiger partial charge is 0.0565 e. The van der Waals surface area contributed by atoms with Crippen LogP contribution in [0, 0.1) is 11.8 Å². The Kier molecular flexibility index (Phi) is 5.07. The van der Waals surface area contributed by atoms with Gasteiger partial charge in [0.15, 0.2) is 0 Å². The molecule has 0 radical (unpaired) electrons. The first-order valence-electron chi connectivity index (χ1n) is 6.37. The lowest BCUT2D eigenvalue weighted by Crippen LogP contribution is -2.43. The summed E-state index contributed by atoms with van der Waals surface area (Å²) in [5, 5.41) is 3.68. The molecule has 3 unspecified atom stereocenters. The Labute approximate surface area is 94.8 Å². The Bertz CT molecular complexity index is 171. The summed E-state index contributed by atoms with van der Waals surface area (Å²) in [5.41, 5.74) is 0. The summed E-state index contributed by atoms with van der Waals surface area (Å²) in [6.07, 6.45) is 3.16. The fraction of sp³-hybridized carbons (Fsp3) is 1.00. The van der Waals surface area contributed by atoms with E-state index >= 15 is 0 Å². The van der Waals surface area contributed by atoms with Crippen molar-refractivity contribution < 1.29 is 4.74 Å². The summed E-state index contributed by atoms with van der Waals surface area (Å²) in [6.45, 7) is 12.4. The minimum atomic E-state index is 0.417. The third-order valence-electron chi connectivity index (χ3n) is 3.56. The van der Waals surface area contributed by atoms with Crippen LogP contribution in [0.1, 0.15) is 47.5 Å². The molecular weight excluding hydrogens is 186 g/mol. The highest BCUT2D eigenvalue weighted by Crippen LogP contribution is 2.19. The molecule has 15 heavy (non-hydrogen) atoms. The van der Waals surface area contributed by atoms with E-state index in [0.717, 1.165) is 31.2 Å². The minimum Gasteiger partial charge on any atom is -0.375 e. The van der Waals surface area contributed by atoms with Crippen molar-refractivity contribution in [3.63, 3.8) is 0 Å². The van der Waals surface area contributed by atoms with Gasteiger partial charge in [-0.05, 0) is 45.1 Å². The number of ether oxygens (including phenoxy) is 1. The monoisotopic (exact) mass is 213 g/mol. The van der Waals surface area contributed by atoms with Crippen LogP contribution in [-0.2, 0) is 4.74 Å². The van der Waals surface area contributed by atoms with Gasteiger partial charge in [0.05, 0.1) is 12.2 Å². The van der Waals surface area contributed by atoms with Crippen LogP contribution in [0.3, 0.4) is 0 Å². The molecule has 0 aromatic rings. The van der Waals surface area contributed by atoms with E-state index in [9.17, 15) is 0 Å². The van der Waals surface area contributed by atoms with Crippen LogP contribution in [0.15, 0.2) is 0 Å². The first-order chi connectivity index (χ1) is 6.99. The van der Waals surface area contributed by atoms with E-state index in [1.807, 2.05) is 0 Å². The topological polar surface area (TPSA) is 21.3 Å². The number of nitrogens with one attached hydrogen (secondary N) is 1. The highest BCUT2D eigenvalue weighted by Gasteiger charge is 2.24. The maximum absolute atomic E-state index is 5.73. The zero-order valence-electron chi connectivity index (χ0n) is 10.9. The van der Waals surface area contributed by atoms with Crippen molar-refractivity contribution in [2.75, 3.05) is 6.54 Å². The quantitative estimate of drug-likeness (QED) is 0.775. The Hall–Kier alpha value is -0.0800.